The first kappa shape index (κ1) is 15.0. The van der Waals surface area contributed by atoms with Crippen molar-refractivity contribution in [3.8, 4) is 5.75 Å². The normalized spacial score (nSPS) is 10.8. The number of aryl methyl sites for hydroxylation is 3. The fourth-order valence-electron chi connectivity index (χ4n) is 2.03. The molecule has 3 nitrogen and oxygen atoms in total. The summed E-state index contributed by atoms with van der Waals surface area (Å²) in [5.41, 5.74) is 2.51. The molecule has 0 amide bonds. The summed E-state index contributed by atoms with van der Waals surface area (Å²) >= 11 is 3.55. The second-order valence-electron chi connectivity index (χ2n) is 4.55. The van der Waals surface area contributed by atoms with Crippen molar-refractivity contribution >= 4 is 15.9 Å². The summed E-state index contributed by atoms with van der Waals surface area (Å²) in [5.74, 6) is -0.0271. The largest absolute Gasteiger partial charge is 0.484 e. The van der Waals surface area contributed by atoms with Crippen LogP contribution in [0, 0.1) is 12.7 Å². The molecule has 0 unspecified atom stereocenters. The van der Waals surface area contributed by atoms with Crippen molar-refractivity contribution < 1.29 is 9.13 Å². The van der Waals surface area contributed by atoms with Gasteiger partial charge in [-0.1, -0.05) is 19.1 Å². The summed E-state index contributed by atoms with van der Waals surface area (Å²) < 4.78 is 22.4. The number of benzene rings is 1. The molecule has 0 aliphatic heterocycles. The van der Waals surface area contributed by atoms with E-state index >= 15 is 0 Å². The van der Waals surface area contributed by atoms with Crippen molar-refractivity contribution in [3.05, 3.63) is 45.4 Å². The highest BCUT2D eigenvalue weighted by Gasteiger charge is 2.15. The van der Waals surface area contributed by atoms with E-state index in [2.05, 4.69) is 28.0 Å². The molecule has 2 aromatic rings. The highest BCUT2D eigenvalue weighted by molar-refractivity contribution is 9.10. The maximum absolute atomic E-state index is 13.9. The zero-order chi connectivity index (χ0) is 14.7. The van der Waals surface area contributed by atoms with Gasteiger partial charge < -0.3 is 4.74 Å². The van der Waals surface area contributed by atoms with Gasteiger partial charge in [-0.3, -0.25) is 4.68 Å². The third-order valence-corrected chi connectivity index (χ3v) is 4.13. The highest BCUT2D eigenvalue weighted by atomic mass is 79.9. The second-order valence-corrected chi connectivity index (χ2v) is 5.35. The molecule has 0 spiro atoms. The van der Waals surface area contributed by atoms with Crippen molar-refractivity contribution in [1.29, 1.82) is 0 Å². The Labute approximate surface area is 126 Å². The van der Waals surface area contributed by atoms with E-state index in [-0.39, 0.29) is 11.6 Å². The molecule has 1 aromatic heterocycles. The monoisotopic (exact) mass is 340 g/mol. The number of ether oxygens (including phenoxy) is 1. The molecular weight excluding hydrogens is 323 g/mol. The minimum atomic E-state index is -0.304. The smallest absolute Gasteiger partial charge is 0.167 e. The van der Waals surface area contributed by atoms with Gasteiger partial charge in [0.1, 0.15) is 6.61 Å². The van der Waals surface area contributed by atoms with Crippen LogP contribution in [-0.2, 0) is 19.6 Å². The molecule has 0 aliphatic carbocycles. The first-order chi connectivity index (χ1) is 9.58. The summed E-state index contributed by atoms with van der Waals surface area (Å²) in [5, 5.41) is 4.50. The topological polar surface area (TPSA) is 27.1 Å². The molecule has 20 heavy (non-hydrogen) atoms. The van der Waals surface area contributed by atoms with Gasteiger partial charge in [-0.25, -0.2) is 4.39 Å². The Kier molecular flexibility index (Phi) is 4.81. The van der Waals surface area contributed by atoms with E-state index in [1.807, 2.05) is 11.6 Å². The standard InChI is InChI=1S/C15H18BrFN2O/c1-4-11-14(16)12(19(5-2)18-11)9-20-13-8-6-7-10(3)15(13)17/h6-8H,4-5,9H2,1-3H3. The average Bonchev–Trinajstić information content (AvgIpc) is 2.76. The van der Waals surface area contributed by atoms with Crippen LogP contribution in [0.15, 0.2) is 22.7 Å². The Morgan fingerprint density at radius 3 is 2.75 bits per heavy atom. The minimum absolute atomic E-state index is 0.277. The molecule has 108 valence electrons. The molecule has 1 heterocycles. The number of nitrogens with zero attached hydrogens (tertiary/aromatic N) is 2. The van der Waals surface area contributed by atoms with E-state index in [4.69, 9.17) is 4.74 Å². The molecule has 0 saturated carbocycles. The Hall–Kier alpha value is -1.36. The number of rotatable bonds is 5. The third kappa shape index (κ3) is 2.87. The van der Waals surface area contributed by atoms with E-state index < -0.39 is 0 Å². The van der Waals surface area contributed by atoms with Crippen molar-refractivity contribution in [2.75, 3.05) is 0 Å². The van der Waals surface area contributed by atoms with Crippen LogP contribution in [0.5, 0.6) is 5.75 Å². The first-order valence-corrected chi connectivity index (χ1v) is 7.49. The zero-order valence-corrected chi connectivity index (χ0v) is 13.5. The van der Waals surface area contributed by atoms with Crippen LogP contribution in [0.4, 0.5) is 4.39 Å². The predicted octanol–water partition coefficient (Wildman–Crippen LogP) is 4.25. The van der Waals surface area contributed by atoms with Crippen molar-refractivity contribution in [3.63, 3.8) is 0 Å². The van der Waals surface area contributed by atoms with Crippen LogP contribution in [0.25, 0.3) is 0 Å². The quantitative estimate of drug-likeness (QED) is 0.813. The van der Waals surface area contributed by atoms with Gasteiger partial charge in [-0.15, -0.1) is 0 Å². The van der Waals surface area contributed by atoms with Crippen LogP contribution in [0.3, 0.4) is 0 Å². The van der Waals surface area contributed by atoms with Gasteiger partial charge in [-0.2, -0.15) is 5.10 Å². The number of hydrogen-bond donors (Lipinski definition) is 0. The van der Waals surface area contributed by atoms with Gasteiger partial charge in [0.25, 0.3) is 0 Å². The molecule has 0 radical (unpaired) electrons. The van der Waals surface area contributed by atoms with Gasteiger partial charge in [0, 0.05) is 6.54 Å². The molecule has 0 saturated heterocycles. The summed E-state index contributed by atoms with van der Waals surface area (Å²) in [4.78, 5) is 0. The van der Waals surface area contributed by atoms with Gasteiger partial charge in [0.05, 0.1) is 15.9 Å². The summed E-state index contributed by atoms with van der Waals surface area (Å²) in [7, 11) is 0. The molecule has 2 rings (SSSR count). The van der Waals surface area contributed by atoms with Crippen LogP contribution < -0.4 is 4.74 Å². The Balaban J connectivity index is 2.22. The lowest BCUT2D eigenvalue weighted by molar-refractivity contribution is 0.277. The summed E-state index contributed by atoms with van der Waals surface area (Å²) in [6.07, 6.45) is 0.847. The lowest BCUT2D eigenvalue weighted by Crippen LogP contribution is -2.07. The second kappa shape index (κ2) is 6.39. The van der Waals surface area contributed by atoms with Crippen molar-refractivity contribution in [2.45, 2.75) is 40.3 Å². The van der Waals surface area contributed by atoms with Crippen LogP contribution >= 0.6 is 15.9 Å². The molecule has 0 atom stereocenters. The van der Waals surface area contributed by atoms with Crippen LogP contribution in [0.2, 0.25) is 0 Å². The van der Waals surface area contributed by atoms with Gasteiger partial charge in [0.15, 0.2) is 11.6 Å². The number of halogens is 2. The maximum Gasteiger partial charge on any atom is 0.167 e. The van der Waals surface area contributed by atoms with Crippen molar-refractivity contribution in [1.82, 2.24) is 9.78 Å². The predicted molar refractivity (Wildman–Crippen MR) is 80.4 cm³/mol. The average molecular weight is 341 g/mol. The van der Waals surface area contributed by atoms with E-state index in [0.717, 1.165) is 28.8 Å². The summed E-state index contributed by atoms with van der Waals surface area (Å²) in [6.45, 7) is 6.85. The van der Waals surface area contributed by atoms with E-state index in [1.165, 1.54) is 0 Å². The number of hydrogen-bond acceptors (Lipinski definition) is 2. The van der Waals surface area contributed by atoms with Gasteiger partial charge >= 0.3 is 0 Å². The zero-order valence-electron chi connectivity index (χ0n) is 11.9. The van der Waals surface area contributed by atoms with Crippen molar-refractivity contribution in [2.24, 2.45) is 0 Å². The Morgan fingerprint density at radius 1 is 1.35 bits per heavy atom. The fourth-order valence-corrected chi connectivity index (χ4v) is 2.71. The molecule has 0 aliphatic rings. The lowest BCUT2D eigenvalue weighted by atomic mass is 10.2. The Bertz CT molecular complexity index is 610. The third-order valence-electron chi connectivity index (χ3n) is 3.21. The summed E-state index contributed by atoms with van der Waals surface area (Å²) in [6, 6.07) is 5.16. The van der Waals surface area contributed by atoms with Crippen LogP contribution in [-0.4, -0.2) is 9.78 Å². The van der Waals surface area contributed by atoms with E-state index in [0.29, 0.717) is 12.2 Å². The highest BCUT2D eigenvalue weighted by Crippen LogP contribution is 2.25. The van der Waals surface area contributed by atoms with Gasteiger partial charge in [0.2, 0.25) is 0 Å². The molecule has 0 N–H and O–H groups in total. The molecule has 0 bridgehead atoms. The van der Waals surface area contributed by atoms with Gasteiger partial charge in [-0.05, 0) is 47.8 Å². The van der Waals surface area contributed by atoms with E-state index in [9.17, 15) is 4.39 Å². The fraction of sp³-hybridized carbons (Fsp3) is 0.400. The number of aromatic nitrogens is 2. The molecular formula is C15H18BrFN2O. The SMILES string of the molecule is CCc1nn(CC)c(COc2cccc(C)c2F)c1Br. The maximum atomic E-state index is 13.9. The van der Waals surface area contributed by atoms with Crippen LogP contribution in [0.1, 0.15) is 30.8 Å². The molecule has 0 fully saturated rings. The molecule has 5 heteroatoms. The molecule has 1 aromatic carbocycles. The van der Waals surface area contributed by atoms with E-state index in [1.54, 1.807) is 25.1 Å². The first-order valence-electron chi connectivity index (χ1n) is 6.70. The minimum Gasteiger partial charge on any atom is -0.484 e. The Morgan fingerprint density at radius 2 is 2.10 bits per heavy atom. The lowest BCUT2D eigenvalue weighted by Gasteiger charge is -2.10.